The Kier molecular flexibility index (Phi) is 8.39. The molecule has 188 valence electrons. The average Bonchev–Trinajstić information content (AvgIpc) is 2.89. The molecule has 0 bridgehead atoms. The molecule has 0 aromatic heterocycles. The van der Waals surface area contributed by atoms with Crippen molar-refractivity contribution >= 4 is 23.2 Å². The fourth-order valence-electron chi connectivity index (χ4n) is 3.45. The zero-order valence-corrected chi connectivity index (χ0v) is 20.7. The number of hydrogen-bond acceptors (Lipinski definition) is 5. The lowest BCUT2D eigenvalue weighted by molar-refractivity contribution is -0.118. The molecule has 0 spiro atoms. The molecule has 0 atom stereocenters. The van der Waals surface area contributed by atoms with Crippen molar-refractivity contribution in [2.75, 3.05) is 23.8 Å². The molecule has 7 nitrogen and oxygen atoms in total. The van der Waals surface area contributed by atoms with Crippen molar-refractivity contribution in [3.8, 4) is 23.0 Å². The van der Waals surface area contributed by atoms with Crippen LogP contribution in [0.4, 0.5) is 11.4 Å². The van der Waals surface area contributed by atoms with Crippen LogP contribution in [0.25, 0.3) is 0 Å². The highest BCUT2D eigenvalue weighted by molar-refractivity contribution is 5.92. The molecule has 4 aromatic rings. The summed E-state index contributed by atoms with van der Waals surface area (Å²) in [4.78, 5) is 24.4. The van der Waals surface area contributed by atoms with E-state index in [2.05, 4.69) is 10.6 Å². The minimum atomic E-state index is -0.253. The normalized spacial score (nSPS) is 10.3. The second kappa shape index (κ2) is 12.3. The molecule has 0 radical (unpaired) electrons. The monoisotopic (exact) mass is 496 g/mol. The van der Waals surface area contributed by atoms with Crippen molar-refractivity contribution in [3.63, 3.8) is 0 Å². The molecule has 4 aromatic carbocycles. The maximum absolute atomic E-state index is 12.2. The van der Waals surface area contributed by atoms with E-state index in [4.69, 9.17) is 14.2 Å². The third-order valence-corrected chi connectivity index (χ3v) is 5.23. The predicted octanol–water partition coefficient (Wildman–Crippen LogP) is 6.13. The number of ether oxygens (including phenoxy) is 3. The van der Waals surface area contributed by atoms with Gasteiger partial charge in [0, 0.05) is 11.4 Å². The Morgan fingerprint density at radius 1 is 0.568 bits per heavy atom. The van der Waals surface area contributed by atoms with Gasteiger partial charge in [-0.15, -0.1) is 0 Å². The minimum absolute atomic E-state index is 0.0807. The van der Waals surface area contributed by atoms with Crippen molar-refractivity contribution in [2.24, 2.45) is 0 Å². The number of benzene rings is 4. The highest BCUT2D eigenvalue weighted by atomic mass is 16.5. The van der Waals surface area contributed by atoms with Gasteiger partial charge in [0.15, 0.2) is 13.2 Å². The smallest absolute Gasteiger partial charge is 0.262 e. The van der Waals surface area contributed by atoms with Crippen molar-refractivity contribution in [2.45, 2.75) is 13.8 Å². The molecule has 0 unspecified atom stereocenters. The van der Waals surface area contributed by atoms with E-state index in [1.165, 1.54) is 0 Å². The van der Waals surface area contributed by atoms with E-state index >= 15 is 0 Å². The maximum Gasteiger partial charge on any atom is 0.262 e. The van der Waals surface area contributed by atoms with Crippen LogP contribution >= 0.6 is 0 Å². The quantitative estimate of drug-likeness (QED) is 0.276. The van der Waals surface area contributed by atoms with Crippen molar-refractivity contribution in [3.05, 3.63) is 108 Å². The number of amides is 2. The Morgan fingerprint density at radius 3 is 1.35 bits per heavy atom. The molecule has 2 amide bonds. The fourth-order valence-corrected chi connectivity index (χ4v) is 3.45. The van der Waals surface area contributed by atoms with E-state index in [9.17, 15) is 9.59 Å². The van der Waals surface area contributed by atoms with Crippen LogP contribution in [-0.4, -0.2) is 25.0 Å². The van der Waals surface area contributed by atoms with Crippen LogP contribution in [-0.2, 0) is 9.59 Å². The van der Waals surface area contributed by atoms with Crippen LogP contribution in [0.5, 0.6) is 23.0 Å². The summed E-state index contributed by atoms with van der Waals surface area (Å²) in [7, 11) is 0. The van der Waals surface area contributed by atoms with Crippen LogP contribution in [0.2, 0.25) is 0 Å². The molecular formula is C30H28N2O5. The van der Waals surface area contributed by atoms with Gasteiger partial charge < -0.3 is 24.8 Å². The van der Waals surface area contributed by atoms with Crippen LogP contribution in [0.1, 0.15) is 11.1 Å². The topological polar surface area (TPSA) is 85.9 Å². The Hall–Kier alpha value is -4.78. The molecule has 0 aliphatic rings. The third kappa shape index (κ3) is 8.14. The molecular weight excluding hydrogens is 468 g/mol. The Bertz CT molecular complexity index is 1250. The van der Waals surface area contributed by atoms with E-state index in [1.807, 2.05) is 62.4 Å². The number of rotatable bonds is 10. The van der Waals surface area contributed by atoms with Gasteiger partial charge in [-0.05, 0) is 97.8 Å². The maximum atomic E-state index is 12.2. The van der Waals surface area contributed by atoms with E-state index in [0.717, 1.165) is 11.1 Å². The molecule has 7 heteroatoms. The molecule has 4 rings (SSSR count). The predicted molar refractivity (Wildman–Crippen MR) is 144 cm³/mol. The highest BCUT2D eigenvalue weighted by Gasteiger charge is 2.07. The fraction of sp³-hybridized carbons (Fsp3) is 0.133. The Labute approximate surface area is 216 Å². The largest absolute Gasteiger partial charge is 0.484 e. The van der Waals surface area contributed by atoms with Crippen molar-refractivity contribution in [1.29, 1.82) is 0 Å². The van der Waals surface area contributed by atoms with Gasteiger partial charge in [0.1, 0.15) is 23.0 Å². The summed E-state index contributed by atoms with van der Waals surface area (Å²) in [6.45, 7) is 3.77. The number of aryl methyl sites for hydroxylation is 2. The molecule has 0 saturated heterocycles. The van der Waals surface area contributed by atoms with Gasteiger partial charge in [-0.3, -0.25) is 9.59 Å². The number of nitrogens with one attached hydrogen (secondary N) is 2. The summed E-state index contributed by atoms with van der Waals surface area (Å²) in [6, 6.07) is 29.1. The second-order valence-corrected chi connectivity index (χ2v) is 8.46. The zero-order valence-electron chi connectivity index (χ0n) is 20.7. The van der Waals surface area contributed by atoms with Gasteiger partial charge in [0.05, 0.1) is 0 Å². The summed E-state index contributed by atoms with van der Waals surface area (Å²) in [5.74, 6) is 2.02. The van der Waals surface area contributed by atoms with Gasteiger partial charge in [-0.25, -0.2) is 0 Å². The first kappa shape index (κ1) is 25.3. The summed E-state index contributed by atoms with van der Waals surface area (Å²) >= 11 is 0. The number of anilines is 2. The molecule has 0 aliphatic heterocycles. The first-order valence-corrected chi connectivity index (χ1v) is 11.8. The van der Waals surface area contributed by atoms with Crippen molar-refractivity contribution in [1.82, 2.24) is 0 Å². The summed E-state index contributed by atoms with van der Waals surface area (Å²) in [6.07, 6.45) is 0. The van der Waals surface area contributed by atoms with Gasteiger partial charge >= 0.3 is 0 Å². The van der Waals surface area contributed by atoms with E-state index in [-0.39, 0.29) is 25.0 Å². The summed E-state index contributed by atoms with van der Waals surface area (Å²) in [5.41, 5.74) is 3.40. The van der Waals surface area contributed by atoms with E-state index in [1.54, 1.807) is 48.5 Å². The number of carbonyl (C=O) groups excluding carboxylic acids is 2. The molecule has 0 aliphatic carbocycles. The standard InChI is InChI=1S/C30H28N2O5/c1-21-5-3-7-27(17-21)35-19-29(33)31-23-9-13-25(14-10-23)37-26-15-11-24(12-16-26)32-30(34)20-36-28-8-4-6-22(2)18-28/h3-18H,19-20H2,1-2H3,(H,31,33)(H,32,34). The van der Waals surface area contributed by atoms with E-state index < -0.39 is 0 Å². The third-order valence-electron chi connectivity index (χ3n) is 5.23. The molecule has 0 saturated carbocycles. The molecule has 0 fully saturated rings. The summed E-state index contributed by atoms with van der Waals surface area (Å²) in [5, 5.41) is 5.59. The van der Waals surface area contributed by atoms with Crippen LogP contribution in [0.3, 0.4) is 0 Å². The zero-order chi connectivity index (χ0) is 26.0. The second-order valence-electron chi connectivity index (χ2n) is 8.46. The molecule has 0 heterocycles. The number of carbonyl (C=O) groups is 2. The Morgan fingerprint density at radius 2 is 0.973 bits per heavy atom. The van der Waals surface area contributed by atoms with Crippen molar-refractivity contribution < 1.29 is 23.8 Å². The lowest BCUT2D eigenvalue weighted by Gasteiger charge is -2.10. The van der Waals surface area contributed by atoms with Gasteiger partial charge in [0.25, 0.3) is 11.8 Å². The average molecular weight is 497 g/mol. The van der Waals surface area contributed by atoms with Crippen LogP contribution in [0, 0.1) is 13.8 Å². The minimum Gasteiger partial charge on any atom is -0.484 e. The highest BCUT2D eigenvalue weighted by Crippen LogP contribution is 2.24. The lowest BCUT2D eigenvalue weighted by Crippen LogP contribution is -2.20. The SMILES string of the molecule is Cc1cccc(OCC(=O)Nc2ccc(Oc3ccc(NC(=O)COc4cccc(C)c4)cc3)cc2)c1. The summed E-state index contributed by atoms with van der Waals surface area (Å²) < 4.78 is 16.9. The molecule has 2 N–H and O–H groups in total. The molecule has 37 heavy (non-hydrogen) atoms. The van der Waals surface area contributed by atoms with E-state index in [0.29, 0.717) is 34.4 Å². The number of hydrogen-bond donors (Lipinski definition) is 2. The van der Waals surface area contributed by atoms with Gasteiger partial charge in [-0.2, -0.15) is 0 Å². The first-order valence-electron chi connectivity index (χ1n) is 11.8. The Balaban J connectivity index is 1.21. The van der Waals surface area contributed by atoms with Crippen LogP contribution < -0.4 is 24.8 Å². The lowest BCUT2D eigenvalue weighted by atomic mass is 10.2. The first-order chi connectivity index (χ1) is 17.9. The van der Waals surface area contributed by atoms with Gasteiger partial charge in [0.2, 0.25) is 0 Å². The van der Waals surface area contributed by atoms with Crippen LogP contribution in [0.15, 0.2) is 97.1 Å². The van der Waals surface area contributed by atoms with Gasteiger partial charge in [-0.1, -0.05) is 24.3 Å².